The Bertz CT molecular complexity index is 1030. The molecule has 12 heteroatoms. The minimum atomic E-state index is -3.57. The zero-order valence-electron chi connectivity index (χ0n) is 19.5. The van der Waals surface area contributed by atoms with Gasteiger partial charge >= 0.3 is 0 Å². The second-order valence-corrected chi connectivity index (χ2v) is 10.9. The molecule has 4 N–H and O–H groups in total. The number of aromatic nitrogens is 3. The molecule has 182 valence electrons. The van der Waals surface area contributed by atoms with E-state index in [-0.39, 0.29) is 36.5 Å². The van der Waals surface area contributed by atoms with Crippen LogP contribution in [0.2, 0.25) is 0 Å². The van der Waals surface area contributed by atoms with Gasteiger partial charge < -0.3 is 15.7 Å². The van der Waals surface area contributed by atoms with Gasteiger partial charge in [-0.15, -0.1) is 0 Å². The van der Waals surface area contributed by atoms with Gasteiger partial charge in [-0.25, -0.2) is 8.42 Å². The predicted molar refractivity (Wildman–Crippen MR) is 130 cm³/mol. The lowest BCUT2D eigenvalue weighted by Crippen LogP contribution is -2.27. The molecule has 0 aliphatic carbocycles. The Morgan fingerprint density at radius 2 is 1.73 bits per heavy atom. The van der Waals surface area contributed by atoms with Crippen molar-refractivity contribution in [3.63, 3.8) is 0 Å². The van der Waals surface area contributed by atoms with Gasteiger partial charge in [0.25, 0.3) is 0 Å². The third kappa shape index (κ3) is 9.93. The molecule has 0 radical (unpaired) electrons. The summed E-state index contributed by atoms with van der Waals surface area (Å²) in [5, 5.41) is 15.9. The lowest BCUT2D eigenvalue weighted by Gasteiger charge is -2.18. The number of hydrogen-bond acceptors (Lipinski definition) is 9. The first kappa shape index (κ1) is 26.8. The van der Waals surface area contributed by atoms with Gasteiger partial charge in [-0.3, -0.25) is 9.52 Å². The number of aliphatic hydroxyl groups excluding tert-OH is 1. The molecule has 0 aliphatic heterocycles. The largest absolute Gasteiger partial charge is 0.394 e. The highest BCUT2D eigenvalue weighted by Crippen LogP contribution is 2.23. The second-order valence-electron chi connectivity index (χ2n) is 8.25. The van der Waals surface area contributed by atoms with E-state index in [0.717, 1.165) is 17.4 Å². The number of sulfonamides is 1. The summed E-state index contributed by atoms with van der Waals surface area (Å²) in [6, 6.07) is 7.46. The standard InChI is InChI=1S/C21H32N6O4S2/c1-13(2)10-18(11-28)23-19-24-20(27-33(5,30)31)26-21(25-19)32-12-16-6-8-17(9-7-16)14(3)22-15(4)29/h6-9,13-14,18,28H,10-12H2,1-5H3,(H,22,29)(H2,23,24,25,26,27)/t14-,18-/m1/s1. The number of carbonyl (C=O) groups excluding carboxylic acids is 1. The van der Waals surface area contributed by atoms with Crippen LogP contribution in [0.25, 0.3) is 0 Å². The Hall–Kier alpha value is -2.44. The van der Waals surface area contributed by atoms with Crippen molar-refractivity contribution in [2.24, 2.45) is 5.92 Å². The number of carbonyl (C=O) groups is 1. The van der Waals surface area contributed by atoms with Gasteiger partial charge in [0.05, 0.1) is 24.9 Å². The molecule has 33 heavy (non-hydrogen) atoms. The molecule has 0 aliphatic rings. The van der Waals surface area contributed by atoms with Gasteiger partial charge in [0, 0.05) is 12.7 Å². The Labute approximate surface area is 199 Å². The molecule has 0 unspecified atom stereocenters. The average Bonchev–Trinajstić information content (AvgIpc) is 2.70. The van der Waals surface area contributed by atoms with Crippen molar-refractivity contribution < 1.29 is 18.3 Å². The normalized spacial score (nSPS) is 13.4. The summed E-state index contributed by atoms with van der Waals surface area (Å²) in [5.41, 5.74) is 2.00. The van der Waals surface area contributed by atoms with Gasteiger partial charge in [0.1, 0.15) is 0 Å². The van der Waals surface area contributed by atoms with Crippen LogP contribution in [0.3, 0.4) is 0 Å². The zero-order chi connectivity index (χ0) is 24.6. The predicted octanol–water partition coefficient (Wildman–Crippen LogP) is 2.55. The van der Waals surface area contributed by atoms with Crippen molar-refractivity contribution in [2.75, 3.05) is 22.9 Å². The number of benzene rings is 1. The molecule has 1 heterocycles. The fraction of sp³-hybridized carbons (Fsp3) is 0.524. The molecule has 1 aromatic heterocycles. The summed E-state index contributed by atoms with van der Waals surface area (Å²) in [5.74, 6) is 0.912. The van der Waals surface area contributed by atoms with E-state index < -0.39 is 10.0 Å². The molecular formula is C21H32N6O4S2. The number of aliphatic hydroxyl groups is 1. The van der Waals surface area contributed by atoms with E-state index in [9.17, 15) is 18.3 Å². The minimum absolute atomic E-state index is 0.0850. The number of amides is 1. The maximum atomic E-state index is 11.7. The molecule has 0 saturated carbocycles. The molecule has 0 spiro atoms. The van der Waals surface area contributed by atoms with E-state index in [0.29, 0.717) is 23.2 Å². The van der Waals surface area contributed by atoms with Crippen molar-refractivity contribution in [3.8, 4) is 0 Å². The van der Waals surface area contributed by atoms with E-state index in [1.54, 1.807) is 0 Å². The molecular weight excluding hydrogens is 464 g/mol. The number of thioether (sulfide) groups is 1. The van der Waals surface area contributed by atoms with Crippen LogP contribution >= 0.6 is 11.8 Å². The van der Waals surface area contributed by atoms with Crippen molar-refractivity contribution in [3.05, 3.63) is 35.4 Å². The van der Waals surface area contributed by atoms with E-state index >= 15 is 0 Å². The quantitative estimate of drug-likeness (QED) is 0.326. The van der Waals surface area contributed by atoms with Crippen molar-refractivity contribution in [1.82, 2.24) is 20.3 Å². The first-order valence-corrected chi connectivity index (χ1v) is 13.4. The minimum Gasteiger partial charge on any atom is -0.394 e. The molecule has 1 aromatic carbocycles. The van der Waals surface area contributed by atoms with Gasteiger partial charge in [-0.1, -0.05) is 49.9 Å². The second kappa shape index (κ2) is 12.1. The molecule has 2 rings (SSSR count). The molecule has 10 nitrogen and oxygen atoms in total. The number of nitrogens with zero attached hydrogens (tertiary/aromatic N) is 3. The molecule has 0 fully saturated rings. The fourth-order valence-corrected chi connectivity index (χ4v) is 4.28. The molecule has 0 bridgehead atoms. The highest BCUT2D eigenvalue weighted by Gasteiger charge is 2.15. The number of hydrogen-bond donors (Lipinski definition) is 4. The fourth-order valence-electron chi connectivity index (χ4n) is 3.07. The third-order valence-corrected chi connectivity index (χ3v) is 5.94. The highest BCUT2D eigenvalue weighted by atomic mass is 32.2. The maximum absolute atomic E-state index is 11.7. The maximum Gasteiger partial charge on any atom is 0.242 e. The van der Waals surface area contributed by atoms with Crippen molar-refractivity contribution in [2.45, 2.75) is 57.1 Å². The number of rotatable bonds is 12. The van der Waals surface area contributed by atoms with Crippen LogP contribution in [0, 0.1) is 5.92 Å². The summed E-state index contributed by atoms with van der Waals surface area (Å²) in [6.45, 7) is 7.37. The Morgan fingerprint density at radius 3 is 2.27 bits per heavy atom. The van der Waals surface area contributed by atoms with Crippen LogP contribution in [0.5, 0.6) is 0 Å². The molecule has 1 amide bonds. The average molecular weight is 497 g/mol. The first-order chi connectivity index (χ1) is 15.4. The lowest BCUT2D eigenvalue weighted by atomic mass is 10.0. The van der Waals surface area contributed by atoms with Gasteiger partial charge in [-0.2, -0.15) is 15.0 Å². The van der Waals surface area contributed by atoms with Gasteiger partial charge in [-0.05, 0) is 30.4 Å². The summed E-state index contributed by atoms with van der Waals surface area (Å²) < 4.78 is 25.6. The SMILES string of the molecule is CC(=O)N[C@H](C)c1ccc(CSc2nc(N[C@@H](CO)CC(C)C)nc(NS(C)(=O)=O)n2)cc1. The smallest absolute Gasteiger partial charge is 0.242 e. The Morgan fingerprint density at radius 1 is 1.09 bits per heavy atom. The van der Waals surface area contributed by atoms with Gasteiger partial charge in [0.15, 0.2) is 5.16 Å². The third-order valence-electron chi connectivity index (χ3n) is 4.47. The van der Waals surface area contributed by atoms with Crippen molar-refractivity contribution in [1.29, 1.82) is 0 Å². The van der Waals surface area contributed by atoms with E-state index in [1.807, 2.05) is 45.0 Å². The lowest BCUT2D eigenvalue weighted by molar-refractivity contribution is -0.119. The monoisotopic (exact) mass is 496 g/mol. The van der Waals surface area contributed by atoms with Gasteiger partial charge in [0.2, 0.25) is 27.8 Å². The molecule has 0 saturated heterocycles. The number of anilines is 2. The number of nitrogens with one attached hydrogen (secondary N) is 3. The topological polar surface area (TPSA) is 146 Å². The Balaban J connectivity index is 2.17. The highest BCUT2D eigenvalue weighted by molar-refractivity contribution is 7.98. The van der Waals surface area contributed by atoms with E-state index in [1.165, 1.54) is 18.7 Å². The molecule has 2 atom stereocenters. The van der Waals surface area contributed by atoms with Crippen LogP contribution in [0.1, 0.15) is 51.3 Å². The summed E-state index contributed by atoms with van der Waals surface area (Å²) in [6.07, 6.45) is 1.72. The van der Waals surface area contributed by atoms with Crippen LogP contribution in [0.15, 0.2) is 29.4 Å². The Kier molecular flexibility index (Phi) is 9.87. The summed E-state index contributed by atoms with van der Waals surface area (Å²) in [4.78, 5) is 24.0. The zero-order valence-corrected chi connectivity index (χ0v) is 21.1. The van der Waals surface area contributed by atoms with Crippen molar-refractivity contribution >= 4 is 39.6 Å². The van der Waals surface area contributed by atoms with E-state index in [2.05, 4.69) is 30.3 Å². The first-order valence-electron chi connectivity index (χ1n) is 10.5. The molecule has 2 aromatic rings. The summed E-state index contributed by atoms with van der Waals surface area (Å²) in [7, 11) is -3.57. The van der Waals surface area contributed by atoms with Crippen LogP contribution in [-0.2, 0) is 20.6 Å². The van der Waals surface area contributed by atoms with Crippen LogP contribution in [-0.4, -0.2) is 53.3 Å². The van der Waals surface area contributed by atoms with Crippen LogP contribution in [0.4, 0.5) is 11.9 Å². The van der Waals surface area contributed by atoms with Crippen LogP contribution < -0.4 is 15.4 Å². The van der Waals surface area contributed by atoms with E-state index in [4.69, 9.17) is 0 Å². The summed E-state index contributed by atoms with van der Waals surface area (Å²) >= 11 is 1.33.